The molecule has 0 heterocycles. The van der Waals surface area contributed by atoms with Gasteiger partial charge in [-0.2, -0.15) is 0 Å². The minimum atomic E-state index is -3.12. The van der Waals surface area contributed by atoms with Crippen molar-refractivity contribution in [2.75, 3.05) is 25.9 Å². The number of carbonyl (C=O) groups excluding carboxylic acids is 1. The van der Waals surface area contributed by atoms with Crippen molar-refractivity contribution in [2.45, 2.75) is 12.5 Å². The highest BCUT2D eigenvalue weighted by atomic mass is 32.2. The van der Waals surface area contributed by atoms with Crippen LogP contribution in [0, 0.1) is 0 Å². The van der Waals surface area contributed by atoms with E-state index in [4.69, 9.17) is 11.5 Å². The van der Waals surface area contributed by atoms with Crippen LogP contribution in [0.5, 0.6) is 0 Å². The topological polar surface area (TPSA) is 127 Å². The minimum absolute atomic E-state index is 0.300. The van der Waals surface area contributed by atoms with E-state index in [-0.39, 0.29) is 0 Å². The first kappa shape index (κ1) is 14.3. The molecule has 1 unspecified atom stereocenters. The number of sulfonamides is 1. The maximum atomic E-state index is 10.6. The van der Waals surface area contributed by atoms with Gasteiger partial charge in [0.05, 0.1) is 12.3 Å². The first-order valence-electron chi connectivity index (χ1n) is 4.53. The number of rotatable bonds is 8. The molecule has 0 saturated heterocycles. The Morgan fingerprint density at radius 1 is 1.40 bits per heavy atom. The maximum Gasteiger partial charge on any atom is 0.235 e. The molecule has 8 heteroatoms. The van der Waals surface area contributed by atoms with E-state index in [1.54, 1.807) is 0 Å². The van der Waals surface area contributed by atoms with Gasteiger partial charge in [-0.25, -0.2) is 13.1 Å². The number of nitrogens with one attached hydrogen (secondary N) is 2. The summed E-state index contributed by atoms with van der Waals surface area (Å²) in [5.74, 6) is -0.559. The summed E-state index contributed by atoms with van der Waals surface area (Å²) in [6, 6.07) is -0.701. The Balaban J connectivity index is 3.37. The molecule has 0 rings (SSSR count). The van der Waals surface area contributed by atoms with E-state index in [1.807, 2.05) is 0 Å². The molecule has 0 aromatic heterocycles. The smallest absolute Gasteiger partial charge is 0.235 e. The molecule has 7 nitrogen and oxygen atoms in total. The summed E-state index contributed by atoms with van der Waals surface area (Å²) in [4.78, 5) is 10.5. The number of hydrogen-bond donors (Lipinski definition) is 4. The second-order valence-corrected chi connectivity index (χ2v) is 5.07. The van der Waals surface area contributed by atoms with Crippen molar-refractivity contribution < 1.29 is 13.2 Å². The first-order valence-corrected chi connectivity index (χ1v) is 6.42. The predicted octanol–water partition coefficient (Wildman–Crippen LogP) is -2.67. The van der Waals surface area contributed by atoms with Crippen molar-refractivity contribution >= 4 is 15.9 Å². The minimum Gasteiger partial charge on any atom is -0.368 e. The van der Waals surface area contributed by atoms with Gasteiger partial charge in [0.15, 0.2) is 0 Å². The summed E-state index contributed by atoms with van der Waals surface area (Å²) in [5, 5.41) is 2.89. The van der Waals surface area contributed by atoms with E-state index < -0.39 is 22.0 Å². The normalized spacial score (nSPS) is 13.7. The Labute approximate surface area is 89.6 Å². The first-order chi connectivity index (χ1) is 6.83. The zero-order valence-electron chi connectivity index (χ0n) is 8.69. The third-order valence-electron chi connectivity index (χ3n) is 1.62. The van der Waals surface area contributed by atoms with E-state index >= 15 is 0 Å². The molecule has 15 heavy (non-hydrogen) atoms. The van der Waals surface area contributed by atoms with Crippen molar-refractivity contribution in [3.05, 3.63) is 0 Å². The lowest BCUT2D eigenvalue weighted by molar-refractivity contribution is -0.119. The molecular weight excluding hydrogens is 220 g/mol. The average molecular weight is 238 g/mol. The van der Waals surface area contributed by atoms with Gasteiger partial charge in [0.2, 0.25) is 15.9 Å². The van der Waals surface area contributed by atoms with Gasteiger partial charge in [-0.05, 0) is 13.0 Å². The Morgan fingerprint density at radius 2 is 2.00 bits per heavy atom. The lowest BCUT2D eigenvalue weighted by Crippen LogP contribution is -2.44. The summed E-state index contributed by atoms with van der Waals surface area (Å²) in [6.07, 6.45) is 1.72. The van der Waals surface area contributed by atoms with Gasteiger partial charge in [-0.15, -0.1) is 0 Å². The van der Waals surface area contributed by atoms with Crippen molar-refractivity contribution in [3.8, 4) is 0 Å². The van der Waals surface area contributed by atoms with E-state index in [0.717, 1.165) is 6.26 Å². The van der Waals surface area contributed by atoms with Gasteiger partial charge in [0.25, 0.3) is 0 Å². The van der Waals surface area contributed by atoms with E-state index in [0.29, 0.717) is 26.1 Å². The molecule has 0 aliphatic carbocycles. The molecule has 0 aliphatic heterocycles. The monoisotopic (exact) mass is 238 g/mol. The van der Waals surface area contributed by atoms with Crippen LogP contribution in [0.25, 0.3) is 0 Å². The molecule has 0 saturated carbocycles. The molecule has 90 valence electrons. The second kappa shape index (κ2) is 6.72. The lowest BCUT2D eigenvalue weighted by Gasteiger charge is -2.08. The number of nitrogens with two attached hydrogens (primary N) is 2. The van der Waals surface area contributed by atoms with Crippen LogP contribution in [-0.2, 0) is 14.8 Å². The van der Waals surface area contributed by atoms with Crippen molar-refractivity contribution in [1.82, 2.24) is 10.0 Å². The quantitative estimate of drug-likeness (QED) is 0.343. The van der Waals surface area contributed by atoms with Gasteiger partial charge in [-0.1, -0.05) is 0 Å². The number of amides is 1. The van der Waals surface area contributed by atoms with Crippen LogP contribution in [0.3, 0.4) is 0 Å². The highest BCUT2D eigenvalue weighted by Gasteiger charge is 2.07. The SMILES string of the molecule is CS(=O)(=O)NCCCNCC(N)C(N)=O. The molecule has 0 spiro atoms. The molecule has 0 radical (unpaired) electrons. The molecule has 1 amide bonds. The molecule has 0 fully saturated rings. The standard InChI is InChI=1S/C7H18N4O3S/c1-15(13,14)11-4-2-3-10-5-6(8)7(9)12/h6,10-11H,2-5,8H2,1H3,(H2,9,12). The van der Waals surface area contributed by atoms with Crippen LogP contribution >= 0.6 is 0 Å². The Bertz CT molecular complexity index is 291. The van der Waals surface area contributed by atoms with Crippen molar-refractivity contribution in [2.24, 2.45) is 11.5 Å². The Morgan fingerprint density at radius 3 is 2.47 bits per heavy atom. The Hall–Kier alpha value is -0.700. The summed E-state index contributed by atoms with van der Waals surface area (Å²) < 4.78 is 23.6. The van der Waals surface area contributed by atoms with Gasteiger partial charge in [0.1, 0.15) is 0 Å². The van der Waals surface area contributed by atoms with E-state index in [2.05, 4.69) is 10.0 Å². The maximum absolute atomic E-state index is 10.6. The third kappa shape index (κ3) is 9.60. The van der Waals surface area contributed by atoms with Gasteiger partial charge in [0, 0.05) is 13.1 Å². The van der Waals surface area contributed by atoms with Crippen molar-refractivity contribution in [3.63, 3.8) is 0 Å². The predicted molar refractivity (Wildman–Crippen MR) is 57.5 cm³/mol. The molecule has 0 aliphatic rings. The second-order valence-electron chi connectivity index (χ2n) is 3.23. The molecule has 0 bridgehead atoms. The summed E-state index contributed by atoms with van der Waals surface area (Å²) >= 11 is 0. The lowest BCUT2D eigenvalue weighted by atomic mass is 10.3. The van der Waals surface area contributed by atoms with Crippen LogP contribution in [0.15, 0.2) is 0 Å². The fraction of sp³-hybridized carbons (Fsp3) is 0.857. The summed E-state index contributed by atoms with van der Waals surface area (Å²) in [7, 11) is -3.12. The summed E-state index contributed by atoms with van der Waals surface area (Å²) in [6.45, 7) is 1.23. The highest BCUT2D eigenvalue weighted by molar-refractivity contribution is 7.88. The van der Waals surface area contributed by atoms with Crippen LogP contribution in [-0.4, -0.2) is 46.3 Å². The van der Waals surface area contributed by atoms with Crippen LogP contribution < -0.4 is 21.5 Å². The molecule has 0 aromatic rings. The highest BCUT2D eigenvalue weighted by Crippen LogP contribution is 1.79. The molecule has 0 aromatic carbocycles. The van der Waals surface area contributed by atoms with Gasteiger partial charge < -0.3 is 16.8 Å². The molecule has 6 N–H and O–H groups in total. The number of hydrogen-bond acceptors (Lipinski definition) is 5. The zero-order valence-corrected chi connectivity index (χ0v) is 9.51. The van der Waals surface area contributed by atoms with Gasteiger partial charge >= 0.3 is 0 Å². The Kier molecular flexibility index (Phi) is 6.41. The molecule has 1 atom stereocenters. The number of primary amides is 1. The summed E-state index contributed by atoms with van der Waals surface area (Å²) in [5.41, 5.74) is 10.3. The zero-order chi connectivity index (χ0) is 11.9. The third-order valence-corrected chi connectivity index (χ3v) is 2.35. The van der Waals surface area contributed by atoms with Crippen LogP contribution in [0.4, 0.5) is 0 Å². The van der Waals surface area contributed by atoms with E-state index in [1.165, 1.54) is 0 Å². The molecular formula is C7H18N4O3S. The van der Waals surface area contributed by atoms with Crippen LogP contribution in [0.2, 0.25) is 0 Å². The fourth-order valence-corrected chi connectivity index (χ4v) is 1.34. The van der Waals surface area contributed by atoms with E-state index in [9.17, 15) is 13.2 Å². The fourth-order valence-electron chi connectivity index (χ4n) is 0.829. The van der Waals surface area contributed by atoms with Crippen molar-refractivity contribution in [1.29, 1.82) is 0 Å². The number of carbonyl (C=O) groups is 1. The van der Waals surface area contributed by atoms with Gasteiger partial charge in [-0.3, -0.25) is 4.79 Å². The largest absolute Gasteiger partial charge is 0.368 e. The average Bonchev–Trinajstić information content (AvgIpc) is 2.08. The van der Waals surface area contributed by atoms with Crippen LogP contribution in [0.1, 0.15) is 6.42 Å².